The molecule has 1 heterocycles. The van der Waals surface area contributed by atoms with Gasteiger partial charge in [0.25, 0.3) is 0 Å². The fraction of sp³-hybridized carbons (Fsp3) is 1.00. The zero-order valence-electron chi connectivity index (χ0n) is 14.0. The fourth-order valence-corrected chi connectivity index (χ4v) is 4.35. The van der Waals surface area contributed by atoms with Gasteiger partial charge in [0, 0.05) is 18.6 Å². The summed E-state index contributed by atoms with van der Waals surface area (Å²) in [5.74, 6) is 1.86. The molecule has 1 aliphatic carbocycles. The van der Waals surface area contributed by atoms with E-state index in [2.05, 4.69) is 31.0 Å². The van der Waals surface area contributed by atoms with Crippen LogP contribution in [0.5, 0.6) is 0 Å². The van der Waals surface area contributed by atoms with Crippen molar-refractivity contribution < 1.29 is 0 Å². The van der Waals surface area contributed by atoms with Crippen LogP contribution in [0, 0.1) is 11.8 Å². The average Bonchev–Trinajstić information content (AvgIpc) is 2.47. The van der Waals surface area contributed by atoms with Crippen molar-refractivity contribution in [1.29, 1.82) is 0 Å². The van der Waals surface area contributed by atoms with E-state index in [4.69, 9.17) is 0 Å². The molecule has 0 aromatic rings. The molecule has 0 aromatic heterocycles. The van der Waals surface area contributed by atoms with Crippen molar-refractivity contribution in [2.24, 2.45) is 11.8 Å². The molecule has 0 spiro atoms. The second-order valence-corrected chi connectivity index (χ2v) is 7.28. The van der Waals surface area contributed by atoms with Crippen LogP contribution in [0.4, 0.5) is 0 Å². The smallest absolute Gasteiger partial charge is 0.0117 e. The third-order valence-electron chi connectivity index (χ3n) is 5.62. The molecule has 2 unspecified atom stereocenters. The number of nitrogens with one attached hydrogen (secondary N) is 1. The molecule has 2 rings (SSSR count). The Morgan fingerprint density at radius 3 is 2.35 bits per heavy atom. The SMILES string of the molecule is CCCNC1CCN(C2CCC(CCC)CC2)CC1C. The summed E-state index contributed by atoms with van der Waals surface area (Å²) in [4.78, 5) is 2.82. The van der Waals surface area contributed by atoms with Gasteiger partial charge >= 0.3 is 0 Å². The van der Waals surface area contributed by atoms with E-state index >= 15 is 0 Å². The van der Waals surface area contributed by atoms with Gasteiger partial charge < -0.3 is 10.2 Å². The molecule has 2 nitrogen and oxygen atoms in total. The summed E-state index contributed by atoms with van der Waals surface area (Å²) in [5, 5.41) is 3.74. The molecule has 1 N–H and O–H groups in total. The van der Waals surface area contributed by atoms with E-state index in [1.165, 1.54) is 71.0 Å². The van der Waals surface area contributed by atoms with E-state index in [1.54, 1.807) is 0 Å². The van der Waals surface area contributed by atoms with Gasteiger partial charge in [-0.3, -0.25) is 0 Å². The van der Waals surface area contributed by atoms with Crippen LogP contribution >= 0.6 is 0 Å². The van der Waals surface area contributed by atoms with Crippen LogP contribution < -0.4 is 5.32 Å². The highest BCUT2D eigenvalue weighted by Gasteiger charge is 2.31. The van der Waals surface area contributed by atoms with Gasteiger partial charge in [-0.05, 0) is 63.5 Å². The first-order valence-corrected chi connectivity index (χ1v) is 9.22. The van der Waals surface area contributed by atoms with Crippen LogP contribution in [0.25, 0.3) is 0 Å². The van der Waals surface area contributed by atoms with Gasteiger partial charge in [0.15, 0.2) is 0 Å². The number of hydrogen-bond donors (Lipinski definition) is 1. The van der Waals surface area contributed by atoms with Gasteiger partial charge in [-0.15, -0.1) is 0 Å². The lowest BCUT2D eigenvalue weighted by Crippen LogP contribution is -2.52. The van der Waals surface area contributed by atoms with Crippen LogP contribution in [0.1, 0.15) is 72.1 Å². The van der Waals surface area contributed by atoms with E-state index in [-0.39, 0.29) is 0 Å². The standard InChI is InChI=1S/C18H36N2/c1-4-6-16-7-9-17(10-8-16)20-13-11-18(15(3)14-20)19-12-5-2/h15-19H,4-14H2,1-3H3. The minimum absolute atomic E-state index is 0.766. The van der Waals surface area contributed by atoms with Crippen molar-refractivity contribution in [3.05, 3.63) is 0 Å². The molecule has 1 aliphatic heterocycles. The largest absolute Gasteiger partial charge is 0.314 e. The van der Waals surface area contributed by atoms with E-state index in [0.717, 1.165) is 23.9 Å². The number of likely N-dealkylation sites (tertiary alicyclic amines) is 1. The zero-order valence-corrected chi connectivity index (χ0v) is 14.0. The first-order chi connectivity index (χ1) is 9.74. The Hall–Kier alpha value is -0.0800. The molecule has 0 bridgehead atoms. The van der Waals surface area contributed by atoms with E-state index in [9.17, 15) is 0 Å². The number of nitrogens with zero attached hydrogens (tertiary/aromatic N) is 1. The van der Waals surface area contributed by atoms with Crippen molar-refractivity contribution in [3.63, 3.8) is 0 Å². The molecule has 2 atom stereocenters. The summed E-state index contributed by atoms with van der Waals surface area (Å²) in [7, 11) is 0. The van der Waals surface area contributed by atoms with Gasteiger partial charge in [-0.25, -0.2) is 0 Å². The third-order valence-corrected chi connectivity index (χ3v) is 5.62. The number of piperidine rings is 1. The van der Waals surface area contributed by atoms with Crippen molar-refractivity contribution in [2.45, 2.75) is 84.2 Å². The highest BCUT2D eigenvalue weighted by molar-refractivity contribution is 4.88. The minimum Gasteiger partial charge on any atom is -0.314 e. The van der Waals surface area contributed by atoms with E-state index in [0.29, 0.717) is 0 Å². The Balaban J connectivity index is 1.73. The summed E-state index contributed by atoms with van der Waals surface area (Å²) >= 11 is 0. The molecule has 2 heteroatoms. The summed E-state index contributed by atoms with van der Waals surface area (Å²) in [5.41, 5.74) is 0. The highest BCUT2D eigenvalue weighted by atomic mass is 15.2. The average molecular weight is 280 g/mol. The zero-order chi connectivity index (χ0) is 14.4. The highest BCUT2D eigenvalue weighted by Crippen LogP contribution is 2.32. The Bertz CT molecular complexity index is 258. The van der Waals surface area contributed by atoms with Crippen LogP contribution in [-0.4, -0.2) is 36.6 Å². The summed E-state index contributed by atoms with van der Waals surface area (Å²) in [6.07, 6.45) is 11.4. The maximum Gasteiger partial charge on any atom is 0.0117 e. The molecule has 0 radical (unpaired) electrons. The first kappa shape index (κ1) is 16.3. The second kappa shape index (κ2) is 8.38. The van der Waals surface area contributed by atoms with Gasteiger partial charge in [0.05, 0.1) is 0 Å². The van der Waals surface area contributed by atoms with Crippen molar-refractivity contribution >= 4 is 0 Å². The van der Waals surface area contributed by atoms with Crippen LogP contribution in [-0.2, 0) is 0 Å². The lowest BCUT2D eigenvalue weighted by Gasteiger charge is -2.43. The Morgan fingerprint density at radius 1 is 1.00 bits per heavy atom. The predicted octanol–water partition coefficient (Wildman–Crippen LogP) is 4.06. The fourth-order valence-electron chi connectivity index (χ4n) is 4.35. The number of hydrogen-bond acceptors (Lipinski definition) is 2. The normalized spacial score (nSPS) is 36.1. The number of rotatable bonds is 6. The summed E-state index contributed by atoms with van der Waals surface area (Å²) in [6, 6.07) is 1.67. The molecule has 20 heavy (non-hydrogen) atoms. The summed E-state index contributed by atoms with van der Waals surface area (Å²) in [6.45, 7) is 10.9. The van der Waals surface area contributed by atoms with Crippen molar-refractivity contribution in [3.8, 4) is 0 Å². The molecule has 2 aliphatic rings. The van der Waals surface area contributed by atoms with Crippen molar-refractivity contribution in [2.75, 3.05) is 19.6 Å². The van der Waals surface area contributed by atoms with Crippen LogP contribution in [0.2, 0.25) is 0 Å². The van der Waals surface area contributed by atoms with Gasteiger partial charge in [0.1, 0.15) is 0 Å². The maximum atomic E-state index is 3.74. The lowest BCUT2D eigenvalue weighted by atomic mass is 9.81. The quantitative estimate of drug-likeness (QED) is 0.789. The Labute approximate surface area is 126 Å². The molecule has 0 amide bonds. The first-order valence-electron chi connectivity index (χ1n) is 9.22. The third kappa shape index (κ3) is 4.46. The molecule has 2 fully saturated rings. The molecular formula is C18H36N2. The Kier molecular flexibility index (Phi) is 6.83. The summed E-state index contributed by atoms with van der Waals surface area (Å²) < 4.78 is 0. The van der Waals surface area contributed by atoms with E-state index < -0.39 is 0 Å². The lowest BCUT2D eigenvalue weighted by molar-refractivity contribution is 0.0731. The molecule has 118 valence electrons. The maximum absolute atomic E-state index is 3.74. The van der Waals surface area contributed by atoms with Crippen LogP contribution in [0.3, 0.4) is 0 Å². The van der Waals surface area contributed by atoms with Gasteiger partial charge in [-0.1, -0.05) is 33.6 Å². The van der Waals surface area contributed by atoms with Crippen LogP contribution in [0.15, 0.2) is 0 Å². The Morgan fingerprint density at radius 2 is 1.75 bits per heavy atom. The topological polar surface area (TPSA) is 15.3 Å². The van der Waals surface area contributed by atoms with Gasteiger partial charge in [-0.2, -0.15) is 0 Å². The minimum atomic E-state index is 0.766. The molecule has 1 saturated carbocycles. The monoisotopic (exact) mass is 280 g/mol. The van der Waals surface area contributed by atoms with E-state index in [1.807, 2.05) is 0 Å². The van der Waals surface area contributed by atoms with Gasteiger partial charge in [0.2, 0.25) is 0 Å². The van der Waals surface area contributed by atoms with Crippen molar-refractivity contribution in [1.82, 2.24) is 10.2 Å². The molecule has 1 saturated heterocycles. The molecule has 0 aromatic carbocycles. The molecular weight excluding hydrogens is 244 g/mol. The predicted molar refractivity (Wildman–Crippen MR) is 88.1 cm³/mol. The second-order valence-electron chi connectivity index (χ2n) is 7.28.